The fourth-order valence-corrected chi connectivity index (χ4v) is 3.56. The van der Waals surface area contributed by atoms with Gasteiger partial charge in [-0.05, 0) is 38.5 Å². The van der Waals surface area contributed by atoms with Gasteiger partial charge in [0.1, 0.15) is 0 Å². The number of hydrogen-bond donors (Lipinski definition) is 0. The Kier molecular flexibility index (Phi) is 6.09. The monoisotopic (exact) mass is 346 g/mol. The first-order valence-electron chi connectivity index (χ1n) is 7.96. The summed E-state index contributed by atoms with van der Waals surface area (Å²) >= 11 is 1.41. The Morgan fingerprint density at radius 3 is 2.42 bits per heavy atom. The van der Waals surface area contributed by atoms with Gasteiger partial charge in [-0.25, -0.2) is 4.99 Å². The van der Waals surface area contributed by atoms with Crippen molar-refractivity contribution in [3.05, 3.63) is 45.2 Å². The summed E-state index contributed by atoms with van der Waals surface area (Å²) in [6, 6.07) is 7.49. The highest BCUT2D eigenvalue weighted by Gasteiger charge is 2.12. The van der Waals surface area contributed by atoms with E-state index in [0.717, 1.165) is 33.2 Å². The van der Waals surface area contributed by atoms with E-state index >= 15 is 0 Å². The Balaban J connectivity index is 2.30. The molecule has 0 amide bonds. The Labute approximate surface area is 145 Å². The molecule has 0 bridgehead atoms. The standard InChI is InChI=1S/C18H22N2O3S/c1-5-20-12(3)17(13(4)21)24-18(20)19-15-9-7-14(8-10-15)11-16(22)23-6-2/h7-10H,5-6,11H2,1-4H3. The smallest absolute Gasteiger partial charge is 0.310 e. The van der Waals surface area contributed by atoms with Crippen molar-refractivity contribution in [2.45, 2.75) is 40.7 Å². The molecule has 2 aromatic rings. The summed E-state index contributed by atoms with van der Waals surface area (Å²) in [5, 5.41) is 0. The zero-order valence-electron chi connectivity index (χ0n) is 14.5. The van der Waals surface area contributed by atoms with Crippen LogP contribution in [0.3, 0.4) is 0 Å². The zero-order chi connectivity index (χ0) is 17.7. The molecule has 0 spiro atoms. The molecule has 1 aromatic heterocycles. The first kappa shape index (κ1) is 18.1. The van der Waals surface area contributed by atoms with E-state index in [1.807, 2.05) is 42.7 Å². The van der Waals surface area contributed by atoms with Gasteiger partial charge >= 0.3 is 5.97 Å². The molecule has 5 nitrogen and oxygen atoms in total. The molecule has 0 N–H and O–H groups in total. The molecule has 0 radical (unpaired) electrons. The lowest BCUT2D eigenvalue weighted by Gasteiger charge is -2.03. The lowest BCUT2D eigenvalue weighted by molar-refractivity contribution is -0.142. The highest BCUT2D eigenvalue weighted by molar-refractivity contribution is 7.11. The van der Waals surface area contributed by atoms with E-state index in [-0.39, 0.29) is 18.2 Å². The number of esters is 1. The minimum absolute atomic E-state index is 0.0611. The molecule has 0 saturated heterocycles. The third kappa shape index (κ3) is 4.20. The highest BCUT2D eigenvalue weighted by Crippen LogP contribution is 2.16. The zero-order valence-corrected chi connectivity index (χ0v) is 15.3. The second-order valence-corrected chi connectivity index (χ2v) is 6.34. The first-order chi connectivity index (χ1) is 11.5. The number of carbonyl (C=O) groups excluding carboxylic acids is 2. The van der Waals surface area contributed by atoms with Crippen molar-refractivity contribution in [1.82, 2.24) is 4.57 Å². The lowest BCUT2D eigenvalue weighted by Crippen LogP contribution is -2.14. The molecule has 0 unspecified atom stereocenters. The van der Waals surface area contributed by atoms with E-state index in [1.54, 1.807) is 13.8 Å². The molecule has 128 valence electrons. The maximum Gasteiger partial charge on any atom is 0.310 e. The number of hydrogen-bond acceptors (Lipinski definition) is 5. The van der Waals surface area contributed by atoms with Crippen molar-refractivity contribution < 1.29 is 14.3 Å². The normalized spacial score (nSPS) is 11.6. The molecule has 1 heterocycles. The van der Waals surface area contributed by atoms with Crippen molar-refractivity contribution in [2.75, 3.05) is 6.61 Å². The van der Waals surface area contributed by atoms with Crippen LogP contribution < -0.4 is 4.80 Å². The van der Waals surface area contributed by atoms with E-state index in [0.29, 0.717) is 6.61 Å². The number of Topliss-reactive ketones (excluding diaryl/α,β-unsaturated/α-hetero) is 1. The predicted octanol–water partition coefficient (Wildman–Crippen LogP) is 3.42. The lowest BCUT2D eigenvalue weighted by atomic mass is 10.1. The molecule has 0 aliphatic carbocycles. The number of benzene rings is 1. The van der Waals surface area contributed by atoms with Gasteiger partial charge in [-0.3, -0.25) is 9.59 Å². The largest absolute Gasteiger partial charge is 0.466 e. The van der Waals surface area contributed by atoms with Gasteiger partial charge in [-0.2, -0.15) is 0 Å². The van der Waals surface area contributed by atoms with Crippen molar-refractivity contribution in [2.24, 2.45) is 4.99 Å². The molecule has 0 aliphatic heterocycles. The second-order valence-electron chi connectivity index (χ2n) is 5.36. The van der Waals surface area contributed by atoms with Gasteiger partial charge in [0.05, 0.1) is 23.6 Å². The van der Waals surface area contributed by atoms with Crippen molar-refractivity contribution >= 4 is 28.8 Å². The third-order valence-corrected chi connectivity index (χ3v) is 4.89. The summed E-state index contributed by atoms with van der Waals surface area (Å²) in [7, 11) is 0. The summed E-state index contributed by atoms with van der Waals surface area (Å²) in [5.41, 5.74) is 2.64. The Morgan fingerprint density at radius 2 is 1.88 bits per heavy atom. The fourth-order valence-electron chi connectivity index (χ4n) is 2.45. The number of thiazole rings is 1. The van der Waals surface area contributed by atoms with Crippen molar-refractivity contribution in [3.63, 3.8) is 0 Å². The predicted molar refractivity (Wildman–Crippen MR) is 94.7 cm³/mol. The molecule has 0 saturated carbocycles. The van der Waals surface area contributed by atoms with Crippen LogP contribution in [0.25, 0.3) is 0 Å². The molecule has 1 aromatic carbocycles. The van der Waals surface area contributed by atoms with Crippen LogP contribution in [0, 0.1) is 6.92 Å². The summed E-state index contributed by atoms with van der Waals surface area (Å²) < 4.78 is 6.98. The number of carbonyl (C=O) groups is 2. The number of ketones is 1. The third-order valence-electron chi connectivity index (χ3n) is 3.61. The molecular formula is C18H22N2O3S. The number of ether oxygens (including phenoxy) is 1. The minimum Gasteiger partial charge on any atom is -0.466 e. The average molecular weight is 346 g/mol. The summed E-state index contributed by atoms with van der Waals surface area (Å²) in [4.78, 5) is 29.4. The Morgan fingerprint density at radius 1 is 1.21 bits per heavy atom. The molecule has 0 fully saturated rings. The SMILES string of the molecule is CCOC(=O)Cc1ccc(N=c2sc(C(C)=O)c(C)n2CC)cc1. The molecule has 0 aliphatic rings. The molecule has 2 rings (SSSR count). The summed E-state index contributed by atoms with van der Waals surface area (Å²) in [6.07, 6.45) is 0.260. The van der Waals surface area contributed by atoms with Gasteiger partial charge in [0.25, 0.3) is 0 Å². The summed E-state index contributed by atoms with van der Waals surface area (Å²) in [5.74, 6) is -0.170. The molecule has 6 heteroatoms. The van der Waals surface area contributed by atoms with E-state index in [2.05, 4.69) is 4.99 Å². The van der Waals surface area contributed by atoms with Gasteiger partial charge in [0, 0.05) is 19.2 Å². The fraction of sp³-hybridized carbons (Fsp3) is 0.389. The van der Waals surface area contributed by atoms with E-state index in [9.17, 15) is 9.59 Å². The number of nitrogens with zero attached hydrogens (tertiary/aromatic N) is 2. The van der Waals surface area contributed by atoms with Crippen LogP contribution in [-0.4, -0.2) is 22.9 Å². The van der Waals surface area contributed by atoms with E-state index < -0.39 is 0 Å². The Hall–Kier alpha value is -2.21. The van der Waals surface area contributed by atoms with Crippen molar-refractivity contribution in [1.29, 1.82) is 0 Å². The summed E-state index contributed by atoms with van der Waals surface area (Å²) in [6.45, 7) is 8.49. The van der Waals surface area contributed by atoms with E-state index in [4.69, 9.17) is 4.74 Å². The molecular weight excluding hydrogens is 324 g/mol. The van der Waals surface area contributed by atoms with Gasteiger partial charge in [0.2, 0.25) is 0 Å². The van der Waals surface area contributed by atoms with Crippen LogP contribution >= 0.6 is 11.3 Å². The quantitative estimate of drug-likeness (QED) is 0.595. The number of aromatic nitrogens is 1. The molecule has 0 atom stereocenters. The van der Waals surface area contributed by atoms with Gasteiger partial charge in [-0.15, -0.1) is 0 Å². The van der Waals surface area contributed by atoms with Crippen LogP contribution in [0.5, 0.6) is 0 Å². The topological polar surface area (TPSA) is 60.7 Å². The van der Waals surface area contributed by atoms with E-state index in [1.165, 1.54) is 11.3 Å². The van der Waals surface area contributed by atoms with Crippen LogP contribution in [0.2, 0.25) is 0 Å². The van der Waals surface area contributed by atoms with Crippen LogP contribution in [0.1, 0.15) is 41.7 Å². The van der Waals surface area contributed by atoms with Crippen LogP contribution in [0.4, 0.5) is 5.69 Å². The maximum atomic E-state index is 11.7. The first-order valence-corrected chi connectivity index (χ1v) is 8.78. The van der Waals surface area contributed by atoms with Gasteiger partial charge in [-0.1, -0.05) is 23.5 Å². The average Bonchev–Trinajstić information content (AvgIpc) is 2.85. The maximum absolute atomic E-state index is 11.7. The Bertz CT molecular complexity index is 801. The van der Waals surface area contributed by atoms with Gasteiger partial charge in [0.15, 0.2) is 10.6 Å². The van der Waals surface area contributed by atoms with Gasteiger partial charge < -0.3 is 9.30 Å². The molecule has 24 heavy (non-hydrogen) atoms. The van der Waals surface area contributed by atoms with Crippen molar-refractivity contribution in [3.8, 4) is 0 Å². The number of rotatable bonds is 6. The minimum atomic E-state index is -0.231. The van der Waals surface area contributed by atoms with Crippen LogP contribution in [0.15, 0.2) is 29.3 Å². The second kappa shape index (κ2) is 8.06. The highest BCUT2D eigenvalue weighted by atomic mass is 32.1. The van der Waals surface area contributed by atoms with Crippen LogP contribution in [-0.2, 0) is 22.5 Å².